The molecule has 0 radical (unpaired) electrons. The van der Waals surface area contributed by atoms with E-state index in [-0.39, 0.29) is 5.91 Å². The number of unbranched alkanes of at least 4 members (excludes halogenated alkanes) is 3. The maximum atomic E-state index is 11.5. The van der Waals surface area contributed by atoms with Crippen LogP contribution in [0.15, 0.2) is 12.2 Å². The third-order valence-corrected chi connectivity index (χ3v) is 3.12. The Morgan fingerprint density at radius 3 is 2.89 bits per heavy atom. The van der Waals surface area contributed by atoms with Gasteiger partial charge in [0.25, 0.3) is 0 Å². The Morgan fingerprint density at radius 1 is 1.39 bits per heavy atom. The van der Waals surface area contributed by atoms with Crippen LogP contribution in [0.1, 0.15) is 38.5 Å². The van der Waals surface area contributed by atoms with Crippen LogP contribution in [-0.2, 0) is 9.53 Å². The van der Waals surface area contributed by atoms with Gasteiger partial charge in [-0.1, -0.05) is 6.08 Å². The number of hydrogen-bond acceptors (Lipinski definition) is 2. The van der Waals surface area contributed by atoms with Gasteiger partial charge in [-0.05, 0) is 44.1 Å². The Hall–Kier alpha value is -1.27. The van der Waals surface area contributed by atoms with Crippen LogP contribution < -0.4 is 5.32 Å². The summed E-state index contributed by atoms with van der Waals surface area (Å²) in [6, 6.07) is 0. The molecule has 1 saturated heterocycles. The average molecular weight is 249 g/mol. The van der Waals surface area contributed by atoms with Crippen LogP contribution in [0.5, 0.6) is 0 Å². The molecule has 3 nitrogen and oxygen atoms in total. The molecule has 0 aliphatic carbocycles. The van der Waals surface area contributed by atoms with Crippen LogP contribution >= 0.6 is 0 Å². The predicted octanol–water partition coefficient (Wildman–Crippen LogP) is 2.28. The lowest BCUT2D eigenvalue weighted by molar-refractivity contribution is -0.116. The molecule has 0 unspecified atom stereocenters. The van der Waals surface area contributed by atoms with Crippen molar-refractivity contribution >= 4 is 5.91 Å². The molecular weight excluding hydrogens is 226 g/mol. The standard InChI is InChI=1S/C15H23NO2/c1-2-3-4-5-6-7-8-15(17)16-13-14-9-11-18-12-10-14/h1,7-8,14H,3-6,9-13H2,(H,16,17). The predicted molar refractivity (Wildman–Crippen MR) is 73.0 cm³/mol. The van der Waals surface area contributed by atoms with Gasteiger partial charge in [-0.3, -0.25) is 4.79 Å². The van der Waals surface area contributed by atoms with Gasteiger partial charge in [0, 0.05) is 26.2 Å². The first-order chi connectivity index (χ1) is 8.83. The number of rotatable bonds is 7. The third kappa shape index (κ3) is 7.13. The average Bonchev–Trinajstić information content (AvgIpc) is 2.41. The number of ether oxygens (including phenoxy) is 1. The Kier molecular flexibility index (Phi) is 7.99. The summed E-state index contributed by atoms with van der Waals surface area (Å²) >= 11 is 0. The topological polar surface area (TPSA) is 38.3 Å². The lowest BCUT2D eigenvalue weighted by Gasteiger charge is -2.21. The van der Waals surface area contributed by atoms with E-state index in [9.17, 15) is 4.79 Å². The minimum atomic E-state index is 0.0124. The van der Waals surface area contributed by atoms with E-state index in [0.717, 1.165) is 58.3 Å². The van der Waals surface area contributed by atoms with Gasteiger partial charge in [0.15, 0.2) is 0 Å². The number of hydrogen-bond donors (Lipinski definition) is 1. The third-order valence-electron chi connectivity index (χ3n) is 3.12. The van der Waals surface area contributed by atoms with E-state index in [4.69, 9.17) is 11.2 Å². The van der Waals surface area contributed by atoms with E-state index < -0.39 is 0 Å². The maximum absolute atomic E-state index is 11.5. The number of allylic oxidation sites excluding steroid dienone is 1. The molecule has 1 amide bonds. The molecule has 0 spiro atoms. The molecule has 1 rings (SSSR count). The molecule has 100 valence electrons. The fourth-order valence-corrected chi connectivity index (χ4v) is 1.93. The molecule has 0 aromatic heterocycles. The van der Waals surface area contributed by atoms with E-state index in [2.05, 4.69) is 11.2 Å². The zero-order chi connectivity index (χ0) is 13.1. The maximum Gasteiger partial charge on any atom is 0.243 e. The Labute approximate surface area is 110 Å². The highest BCUT2D eigenvalue weighted by Gasteiger charge is 2.13. The molecule has 1 N–H and O–H groups in total. The van der Waals surface area contributed by atoms with Crippen molar-refractivity contribution in [1.29, 1.82) is 0 Å². The van der Waals surface area contributed by atoms with Crippen molar-refractivity contribution in [3.05, 3.63) is 12.2 Å². The molecule has 0 aromatic carbocycles. The molecule has 1 aliphatic rings. The summed E-state index contributed by atoms with van der Waals surface area (Å²) in [7, 11) is 0. The van der Waals surface area contributed by atoms with Gasteiger partial charge in [-0.2, -0.15) is 0 Å². The summed E-state index contributed by atoms with van der Waals surface area (Å²) in [4.78, 5) is 11.5. The van der Waals surface area contributed by atoms with E-state index >= 15 is 0 Å². The van der Waals surface area contributed by atoms with E-state index in [0.29, 0.717) is 5.92 Å². The van der Waals surface area contributed by atoms with Crippen molar-refractivity contribution < 1.29 is 9.53 Å². The number of nitrogens with one attached hydrogen (secondary N) is 1. The first-order valence-electron chi connectivity index (χ1n) is 6.78. The molecule has 0 aromatic rings. The van der Waals surface area contributed by atoms with Crippen LogP contribution in [0.3, 0.4) is 0 Å². The van der Waals surface area contributed by atoms with E-state index in [1.54, 1.807) is 6.08 Å². The summed E-state index contributed by atoms with van der Waals surface area (Å²) < 4.78 is 5.28. The summed E-state index contributed by atoms with van der Waals surface area (Å²) in [5.41, 5.74) is 0. The monoisotopic (exact) mass is 249 g/mol. The lowest BCUT2D eigenvalue weighted by atomic mass is 10.0. The van der Waals surface area contributed by atoms with Crippen LogP contribution in [0.25, 0.3) is 0 Å². The molecule has 0 atom stereocenters. The van der Waals surface area contributed by atoms with Gasteiger partial charge in [-0.15, -0.1) is 12.3 Å². The fraction of sp³-hybridized carbons (Fsp3) is 0.667. The van der Waals surface area contributed by atoms with Crippen molar-refractivity contribution in [2.75, 3.05) is 19.8 Å². The highest BCUT2D eigenvalue weighted by molar-refractivity contribution is 5.87. The van der Waals surface area contributed by atoms with Crippen LogP contribution in [0.2, 0.25) is 0 Å². The van der Waals surface area contributed by atoms with Gasteiger partial charge in [0.05, 0.1) is 0 Å². The van der Waals surface area contributed by atoms with Gasteiger partial charge in [0.2, 0.25) is 5.91 Å². The fourth-order valence-electron chi connectivity index (χ4n) is 1.93. The second-order valence-corrected chi connectivity index (χ2v) is 4.65. The largest absolute Gasteiger partial charge is 0.381 e. The molecule has 1 fully saturated rings. The Morgan fingerprint density at radius 2 is 2.17 bits per heavy atom. The van der Waals surface area contributed by atoms with Gasteiger partial charge in [0.1, 0.15) is 0 Å². The minimum absolute atomic E-state index is 0.0124. The second-order valence-electron chi connectivity index (χ2n) is 4.65. The number of carbonyl (C=O) groups excluding carboxylic acids is 1. The molecule has 3 heteroatoms. The quantitative estimate of drug-likeness (QED) is 0.427. The summed E-state index contributed by atoms with van der Waals surface area (Å²) in [6.45, 7) is 2.42. The second kappa shape index (κ2) is 9.73. The van der Waals surface area contributed by atoms with Crippen LogP contribution in [0, 0.1) is 18.3 Å². The zero-order valence-corrected chi connectivity index (χ0v) is 11.0. The van der Waals surface area contributed by atoms with Crippen molar-refractivity contribution in [3.63, 3.8) is 0 Å². The smallest absolute Gasteiger partial charge is 0.243 e. The van der Waals surface area contributed by atoms with E-state index in [1.165, 1.54) is 0 Å². The normalized spacial score (nSPS) is 16.6. The summed E-state index contributed by atoms with van der Waals surface area (Å²) in [5.74, 6) is 3.20. The van der Waals surface area contributed by atoms with Crippen LogP contribution in [-0.4, -0.2) is 25.7 Å². The molecular formula is C15H23NO2. The van der Waals surface area contributed by atoms with Crippen molar-refractivity contribution in [2.24, 2.45) is 5.92 Å². The number of amides is 1. The molecule has 1 heterocycles. The summed E-state index contributed by atoms with van der Waals surface area (Å²) in [6.07, 6.45) is 14.7. The highest BCUT2D eigenvalue weighted by Crippen LogP contribution is 2.12. The van der Waals surface area contributed by atoms with Gasteiger partial charge in [-0.25, -0.2) is 0 Å². The first kappa shape index (κ1) is 14.8. The van der Waals surface area contributed by atoms with Crippen molar-refractivity contribution in [1.82, 2.24) is 5.32 Å². The summed E-state index contributed by atoms with van der Waals surface area (Å²) in [5, 5.41) is 2.94. The minimum Gasteiger partial charge on any atom is -0.381 e. The SMILES string of the molecule is C#CCCCCC=CC(=O)NCC1CCOCC1. The van der Waals surface area contributed by atoms with Gasteiger partial charge < -0.3 is 10.1 Å². The molecule has 0 saturated carbocycles. The number of terminal acetylenes is 1. The molecule has 18 heavy (non-hydrogen) atoms. The van der Waals surface area contributed by atoms with Crippen molar-refractivity contribution in [3.8, 4) is 12.3 Å². The highest BCUT2D eigenvalue weighted by atomic mass is 16.5. The number of carbonyl (C=O) groups is 1. The van der Waals surface area contributed by atoms with Gasteiger partial charge >= 0.3 is 0 Å². The van der Waals surface area contributed by atoms with E-state index in [1.807, 2.05) is 6.08 Å². The zero-order valence-electron chi connectivity index (χ0n) is 11.0. The Balaban J connectivity index is 2.02. The molecule has 1 aliphatic heterocycles. The van der Waals surface area contributed by atoms with Crippen molar-refractivity contribution in [2.45, 2.75) is 38.5 Å². The lowest BCUT2D eigenvalue weighted by Crippen LogP contribution is -2.31. The first-order valence-corrected chi connectivity index (χ1v) is 6.78. The molecule has 0 bridgehead atoms. The van der Waals surface area contributed by atoms with Crippen LogP contribution in [0.4, 0.5) is 0 Å². The Bertz CT molecular complexity index is 298.